The zero-order valence-electron chi connectivity index (χ0n) is 13.3. The highest BCUT2D eigenvalue weighted by Gasteiger charge is 2.33. The summed E-state index contributed by atoms with van der Waals surface area (Å²) in [6.45, 7) is 0. The molecule has 0 radical (unpaired) electrons. The van der Waals surface area contributed by atoms with Crippen LogP contribution >= 0.6 is 11.6 Å². The van der Waals surface area contributed by atoms with Crippen molar-refractivity contribution in [3.05, 3.63) is 59.1 Å². The molecule has 5 nitrogen and oxygen atoms in total. The van der Waals surface area contributed by atoms with Crippen molar-refractivity contribution in [2.45, 2.75) is 12.8 Å². The van der Waals surface area contributed by atoms with Crippen LogP contribution in [0.2, 0.25) is 5.02 Å². The zero-order chi connectivity index (χ0) is 17.1. The van der Waals surface area contributed by atoms with E-state index in [4.69, 9.17) is 11.6 Å². The van der Waals surface area contributed by atoms with E-state index in [9.17, 15) is 9.59 Å². The van der Waals surface area contributed by atoms with Gasteiger partial charge in [0.15, 0.2) is 0 Å². The molecule has 6 heteroatoms. The van der Waals surface area contributed by atoms with Gasteiger partial charge in [0, 0.05) is 18.0 Å². The molecule has 3 rings (SSSR count). The Balaban J connectivity index is 1.73. The van der Waals surface area contributed by atoms with Crippen molar-refractivity contribution in [2.24, 2.45) is 5.92 Å². The molecule has 0 atom stereocenters. The second kappa shape index (κ2) is 6.93. The van der Waals surface area contributed by atoms with Gasteiger partial charge in [-0.05, 0) is 43.2 Å². The lowest BCUT2D eigenvalue weighted by atomic mass is 10.1. The second-order valence-electron chi connectivity index (χ2n) is 5.78. The first kappa shape index (κ1) is 16.3. The number of nitrogens with zero attached hydrogens (tertiary/aromatic N) is 1. The van der Waals surface area contributed by atoms with Gasteiger partial charge in [0.2, 0.25) is 5.91 Å². The van der Waals surface area contributed by atoms with E-state index in [2.05, 4.69) is 10.9 Å². The van der Waals surface area contributed by atoms with E-state index in [1.54, 1.807) is 54.4 Å². The molecule has 0 aliphatic heterocycles. The number of rotatable bonds is 5. The molecular formula is C18H18ClN3O2. The Morgan fingerprint density at radius 2 is 1.88 bits per heavy atom. The predicted octanol–water partition coefficient (Wildman–Crippen LogP) is 3.47. The van der Waals surface area contributed by atoms with E-state index < -0.39 is 0 Å². The molecular weight excluding hydrogens is 326 g/mol. The van der Waals surface area contributed by atoms with Crippen molar-refractivity contribution in [3.63, 3.8) is 0 Å². The Bertz CT molecular complexity index is 774. The first-order valence-electron chi connectivity index (χ1n) is 7.75. The van der Waals surface area contributed by atoms with Crippen LogP contribution in [0.3, 0.4) is 0 Å². The molecule has 1 aliphatic carbocycles. The Hall–Kier alpha value is -2.53. The van der Waals surface area contributed by atoms with Gasteiger partial charge in [-0.2, -0.15) is 0 Å². The average molecular weight is 344 g/mol. The minimum atomic E-state index is -0.318. The zero-order valence-corrected chi connectivity index (χ0v) is 14.0. The number of anilines is 2. The van der Waals surface area contributed by atoms with Gasteiger partial charge in [-0.25, -0.2) is 0 Å². The number of para-hydroxylation sites is 1. The third-order valence-electron chi connectivity index (χ3n) is 3.91. The third kappa shape index (κ3) is 3.68. The van der Waals surface area contributed by atoms with Gasteiger partial charge < -0.3 is 4.90 Å². The molecule has 1 aliphatic rings. The van der Waals surface area contributed by atoms with Crippen molar-refractivity contribution in [3.8, 4) is 0 Å². The van der Waals surface area contributed by atoms with Crippen molar-refractivity contribution in [1.29, 1.82) is 0 Å². The van der Waals surface area contributed by atoms with Crippen LogP contribution in [0, 0.1) is 5.92 Å². The number of hydrogen-bond acceptors (Lipinski definition) is 3. The van der Waals surface area contributed by atoms with Crippen LogP contribution in [0.25, 0.3) is 0 Å². The lowest BCUT2D eigenvalue weighted by Crippen LogP contribution is -2.33. The van der Waals surface area contributed by atoms with Gasteiger partial charge in [0.05, 0.1) is 16.9 Å². The van der Waals surface area contributed by atoms with Crippen LogP contribution in [0.1, 0.15) is 23.2 Å². The number of halogens is 1. The largest absolute Gasteiger partial charge is 0.314 e. The minimum absolute atomic E-state index is 0.0538. The molecule has 0 spiro atoms. The van der Waals surface area contributed by atoms with Gasteiger partial charge in [0.1, 0.15) is 0 Å². The number of carbonyl (C=O) groups is 2. The van der Waals surface area contributed by atoms with Crippen LogP contribution < -0.4 is 15.8 Å². The maximum Gasteiger partial charge on any atom is 0.271 e. The molecule has 2 aromatic rings. The quantitative estimate of drug-likeness (QED) is 0.817. The highest BCUT2D eigenvalue weighted by atomic mass is 35.5. The first-order valence-corrected chi connectivity index (χ1v) is 8.12. The topological polar surface area (TPSA) is 61.4 Å². The van der Waals surface area contributed by atoms with Gasteiger partial charge >= 0.3 is 0 Å². The minimum Gasteiger partial charge on any atom is -0.314 e. The number of benzene rings is 2. The highest BCUT2D eigenvalue weighted by Crippen LogP contribution is 2.33. The van der Waals surface area contributed by atoms with E-state index in [0.29, 0.717) is 22.0 Å². The number of nitrogens with one attached hydrogen (secondary N) is 2. The molecule has 2 N–H and O–H groups in total. The van der Waals surface area contributed by atoms with Gasteiger partial charge in [-0.3, -0.25) is 20.4 Å². The maximum atomic E-state index is 12.5. The Morgan fingerprint density at radius 3 is 2.58 bits per heavy atom. The number of amides is 2. The SMILES string of the molecule is CN(C(=O)C1CC1)c1ccccc1C(=O)NNc1cccc(Cl)c1. The summed E-state index contributed by atoms with van der Waals surface area (Å²) in [5, 5.41) is 0.574. The molecule has 0 unspecified atom stereocenters. The Morgan fingerprint density at radius 1 is 1.12 bits per heavy atom. The van der Waals surface area contributed by atoms with Crippen molar-refractivity contribution >= 4 is 34.8 Å². The van der Waals surface area contributed by atoms with Crippen molar-refractivity contribution < 1.29 is 9.59 Å². The third-order valence-corrected chi connectivity index (χ3v) is 4.15. The molecule has 0 heterocycles. The fourth-order valence-corrected chi connectivity index (χ4v) is 2.63. The number of hydrogen-bond donors (Lipinski definition) is 2. The molecule has 2 aromatic carbocycles. The van der Waals surface area contributed by atoms with Gasteiger partial charge in [-0.1, -0.05) is 29.8 Å². The van der Waals surface area contributed by atoms with Crippen LogP contribution in [0.5, 0.6) is 0 Å². The summed E-state index contributed by atoms with van der Waals surface area (Å²) in [5.41, 5.74) is 7.17. The van der Waals surface area contributed by atoms with E-state index in [-0.39, 0.29) is 17.7 Å². The highest BCUT2D eigenvalue weighted by molar-refractivity contribution is 6.30. The van der Waals surface area contributed by atoms with Crippen LogP contribution in [-0.4, -0.2) is 18.9 Å². The van der Waals surface area contributed by atoms with Crippen molar-refractivity contribution in [1.82, 2.24) is 5.43 Å². The molecule has 124 valence electrons. The van der Waals surface area contributed by atoms with Crippen molar-refractivity contribution in [2.75, 3.05) is 17.4 Å². The smallest absolute Gasteiger partial charge is 0.271 e. The van der Waals surface area contributed by atoms with Gasteiger partial charge in [-0.15, -0.1) is 0 Å². The Labute approximate surface area is 145 Å². The summed E-state index contributed by atoms with van der Waals surface area (Å²) >= 11 is 5.92. The van der Waals surface area contributed by atoms with Crippen LogP contribution in [0.15, 0.2) is 48.5 Å². The first-order chi connectivity index (χ1) is 11.6. The summed E-state index contributed by atoms with van der Waals surface area (Å²) < 4.78 is 0. The lowest BCUT2D eigenvalue weighted by molar-refractivity contribution is -0.119. The van der Waals surface area contributed by atoms with E-state index >= 15 is 0 Å². The summed E-state index contributed by atoms with van der Waals surface area (Å²) in [6, 6.07) is 14.1. The Kier molecular flexibility index (Phi) is 4.71. The predicted molar refractivity (Wildman–Crippen MR) is 95.1 cm³/mol. The van der Waals surface area contributed by atoms with Crippen LogP contribution in [-0.2, 0) is 4.79 Å². The summed E-state index contributed by atoms with van der Waals surface area (Å²) in [6.07, 6.45) is 1.85. The average Bonchev–Trinajstić information content (AvgIpc) is 3.43. The molecule has 0 bridgehead atoms. The lowest BCUT2D eigenvalue weighted by Gasteiger charge is -2.20. The molecule has 1 saturated carbocycles. The maximum absolute atomic E-state index is 12.5. The fourth-order valence-electron chi connectivity index (χ4n) is 2.44. The molecule has 0 aromatic heterocycles. The number of carbonyl (C=O) groups excluding carboxylic acids is 2. The van der Waals surface area contributed by atoms with Gasteiger partial charge in [0.25, 0.3) is 5.91 Å². The monoisotopic (exact) mass is 343 g/mol. The second-order valence-corrected chi connectivity index (χ2v) is 6.21. The fraction of sp³-hybridized carbons (Fsp3) is 0.222. The van der Waals surface area contributed by atoms with E-state index in [0.717, 1.165) is 12.8 Å². The number of hydrazine groups is 1. The molecule has 2 amide bonds. The standard InChI is InChI=1S/C18H18ClN3O2/c1-22(18(24)12-9-10-12)16-8-3-2-7-15(16)17(23)21-20-14-6-4-5-13(19)11-14/h2-8,11-12,20H,9-10H2,1H3,(H,21,23). The summed E-state index contributed by atoms with van der Waals surface area (Å²) in [7, 11) is 1.71. The molecule has 0 saturated heterocycles. The van der Waals surface area contributed by atoms with E-state index in [1.165, 1.54) is 0 Å². The van der Waals surface area contributed by atoms with Crippen LogP contribution in [0.4, 0.5) is 11.4 Å². The normalized spacial score (nSPS) is 13.2. The molecule has 24 heavy (non-hydrogen) atoms. The summed E-state index contributed by atoms with van der Waals surface area (Å²) in [4.78, 5) is 26.3. The summed E-state index contributed by atoms with van der Waals surface area (Å²) in [5.74, 6) is -0.172. The molecule has 1 fully saturated rings. The van der Waals surface area contributed by atoms with E-state index in [1.807, 2.05) is 6.07 Å².